The Morgan fingerprint density at radius 3 is 2.50 bits per heavy atom. The molecule has 0 aliphatic rings. The molecule has 2 heteroatoms. The van der Waals surface area contributed by atoms with Gasteiger partial charge in [-0.05, 0) is 49.2 Å². The first kappa shape index (κ1) is 14.9. The zero-order valence-electron chi connectivity index (χ0n) is 12.7. The molecule has 0 spiro atoms. The minimum Gasteiger partial charge on any atom is -0.489 e. The summed E-state index contributed by atoms with van der Waals surface area (Å²) in [7, 11) is 0. The molecule has 0 saturated heterocycles. The predicted octanol–water partition coefficient (Wildman–Crippen LogP) is 4.39. The maximum absolute atomic E-state index is 6.11. The van der Waals surface area contributed by atoms with Gasteiger partial charge in [0.25, 0.3) is 0 Å². The number of benzene rings is 2. The third-order valence-electron chi connectivity index (χ3n) is 3.71. The van der Waals surface area contributed by atoms with Crippen molar-refractivity contribution in [1.29, 1.82) is 0 Å². The lowest BCUT2D eigenvalue weighted by Crippen LogP contribution is -2.41. The van der Waals surface area contributed by atoms with Gasteiger partial charge in [0.1, 0.15) is 11.9 Å². The van der Waals surface area contributed by atoms with E-state index in [2.05, 4.69) is 68.6 Å². The first-order chi connectivity index (χ1) is 9.74. The molecule has 2 unspecified atom stereocenters. The van der Waals surface area contributed by atoms with E-state index in [1.807, 2.05) is 0 Å². The van der Waals surface area contributed by atoms with Crippen molar-refractivity contribution in [3.05, 3.63) is 42.5 Å². The molecule has 0 radical (unpaired) electrons. The Bertz CT molecular complexity index is 538. The van der Waals surface area contributed by atoms with Crippen molar-refractivity contribution in [3.8, 4) is 5.75 Å². The van der Waals surface area contributed by atoms with Crippen molar-refractivity contribution in [2.45, 2.75) is 45.8 Å². The van der Waals surface area contributed by atoms with Crippen LogP contribution in [0.5, 0.6) is 5.75 Å². The Kier molecular flexibility index (Phi) is 5.42. The second kappa shape index (κ2) is 7.30. The molecule has 0 fully saturated rings. The maximum Gasteiger partial charge on any atom is 0.120 e. The third kappa shape index (κ3) is 3.73. The Morgan fingerprint density at radius 2 is 1.80 bits per heavy atom. The zero-order valence-corrected chi connectivity index (χ0v) is 12.7. The van der Waals surface area contributed by atoms with Crippen LogP contribution in [0.15, 0.2) is 42.5 Å². The molecule has 2 nitrogen and oxygen atoms in total. The summed E-state index contributed by atoms with van der Waals surface area (Å²) in [4.78, 5) is 0. The standard InChI is InChI=1S/C18H25NO/c1-4-12-19-18(5-2)14(3)20-17-11-10-15-8-6-7-9-16(15)13-17/h6-11,13-14,18-19H,4-5,12H2,1-3H3. The molecule has 108 valence electrons. The molecule has 1 N–H and O–H groups in total. The van der Waals surface area contributed by atoms with Crippen LogP contribution in [-0.2, 0) is 0 Å². The predicted molar refractivity (Wildman–Crippen MR) is 86.4 cm³/mol. The van der Waals surface area contributed by atoms with Crippen LogP contribution in [0.1, 0.15) is 33.6 Å². The van der Waals surface area contributed by atoms with Crippen LogP contribution in [0, 0.1) is 0 Å². The van der Waals surface area contributed by atoms with Gasteiger partial charge in [0.2, 0.25) is 0 Å². The van der Waals surface area contributed by atoms with Crippen LogP contribution in [0.4, 0.5) is 0 Å². The summed E-state index contributed by atoms with van der Waals surface area (Å²) in [6.07, 6.45) is 2.40. The summed E-state index contributed by atoms with van der Waals surface area (Å²) in [5.41, 5.74) is 0. The molecule has 20 heavy (non-hydrogen) atoms. The largest absolute Gasteiger partial charge is 0.489 e. The highest BCUT2D eigenvalue weighted by Gasteiger charge is 2.16. The van der Waals surface area contributed by atoms with E-state index in [0.717, 1.165) is 25.1 Å². The zero-order chi connectivity index (χ0) is 14.4. The number of hydrogen-bond donors (Lipinski definition) is 1. The van der Waals surface area contributed by atoms with E-state index in [4.69, 9.17) is 4.74 Å². The number of fused-ring (bicyclic) bond motifs is 1. The molecule has 2 atom stereocenters. The van der Waals surface area contributed by atoms with Crippen molar-refractivity contribution in [2.24, 2.45) is 0 Å². The summed E-state index contributed by atoms with van der Waals surface area (Å²) in [5.74, 6) is 0.952. The highest BCUT2D eigenvalue weighted by Crippen LogP contribution is 2.22. The van der Waals surface area contributed by atoms with E-state index < -0.39 is 0 Å². The second-order valence-corrected chi connectivity index (χ2v) is 5.30. The average Bonchev–Trinajstić information content (AvgIpc) is 2.48. The highest BCUT2D eigenvalue weighted by atomic mass is 16.5. The highest BCUT2D eigenvalue weighted by molar-refractivity contribution is 5.83. The van der Waals surface area contributed by atoms with Gasteiger partial charge < -0.3 is 10.1 Å². The molecule has 2 aromatic carbocycles. The summed E-state index contributed by atoms with van der Waals surface area (Å²) in [6, 6.07) is 15.1. The molecule has 2 rings (SSSR count). The van der Waals surface area contributed by atoms with E-state index in [9.17, 15) is 0 Å². The second-order valence-electron chi connectivity index (χ2n) is 5.30. The molecular weight excluding hydrogens is 246 g/mol. The van der Waals surface area contributed by atoms with E-state index >= 15 is 0 Å². The SMILES string of the molecule is CCCNC(CC)C(C)Oc1ccc2ccccc2c1. The quantitative estimate of drug-likeness (QED) is 0.806. The lowest BCUT2D eigenvalue weighted by molar-refractivity contribution is 0.167. The van der Waals surface area contributed by atoms with Crippen LogP contribution in [0.3, 0.4) is 0 Å². The Morgan fingerprint density at radius 1 is 1.05 bits per heavy atom. The summed E-state index contributed by atoms with van der Waals surface area (Å²) >= 11 is 0. The van der Waals surface area contributed by atoms with Crippen molar-refractivity contribution < 1.29 is 4.74 Å². The number of ether oxygens (including phenoxy) is 1. The normalized spacial score (nSPS) is 14.2. The maximum atomic E-state index is 6.11. The fourth-order valence-electron chi connectivity index (χ4n) is 2.51. The average molecular weight is 271 g/mol. The van der Waals surface area contributed by atoms with Gasteiger partial charge in [-0.15, -0.1) is 0 Å². The summed E-state index contributed by atoms with van der Waals surface area (Å²) in [5, 5.41) is 6.03. The van der Waals surface area contributed by atoms with Crippen LogP contribution < -0.4 is 10.1 Å². The minimum absolute atomic E-state index is 0.174. The Hall–Kier alpha value is -1.54. The molecule has 0 aliphatic carbocycles. The fraction of sp³-hybridized carbons (Fsp3) is 0.444. The summed E-state index contributed by atoms with van der Waals surface area (Å²) in [6.45, 7) is 7.58. The van der Waals surface area contributed by atoms with Gasteiger partial charge in [-0.2, -0.15) is 0 Å². The monoisotopic (exact) mass is 271 g/mol. The van der Waals surface area contributed by atoms with Crippen molar-refractivity contribution >= 4 is 10.8 Å². The van der Waals surface area contributed by atoms with E-state index in [1.54, 1.807) is 0 Å². The molecule has 0 aliphatic heterocycles. The van der Waals surface area contributed by atoms with E-state index in [0.29, 0.717) is 6.04 Å². The van der Waals surface area contributed by atoms with Gasteiger partial charge in [0, 0.05) is 6.04 Å². The molecule has 0 amide bonds. The molecule has 2 aromatic rings. The third-order valence-corrected chi connectivity index (χ3v) is 3.71. The van der Waals surface area contributed by atoms with Crippen LogP contribution in [0.25, 0.3) is 10.8 Å². The van der Waals surface area contributed by atoms with Crippen LogP contribution in [0.2, 0.25) is 0 Å². The first-order valence-electron chi connectivity index (χ1n) is 7.63. The smallest absolute Gasteiger partial charge is 0.120 e. The number of nitrogens with one attached hydrogen (secondary N) is 1. The molecule has 0 bridgehead atoms. The van der Waals surface area contributed by atoms with Crippen LogP contribution >= 0.6 is 0 Å². The van der Waals surface area contributed by atoms with Gasteiger partial charge in [-0.1, -0.05) is 44.2 Å². The number of rotatable bonds is 7. The lowest BCUT2D eigenvalue weighted by atomic mass is 10.1. The minimum atomic E-state index is 0.174. The molecule has 0 aromatic heterocycles. The first-order valence-corrected chi connectivity index (χ1v) is 7.63. The Balaban J connectivity index is 2.06. The van der Waals surface area contributed by atoms with Gasteiger partial charge in [-0.25, -0.2) is 0 Å². The van der Waals surface area contributed by atoms with Gasteiger partial charge >= 0.3 is 0 Å². The van der Waals surface area contributed by atoms with E-state index in [-0.39, 0.29) is 6.10 Å². The van der Waals surface area contributed by atoms with Crippen molar-refractivity contribution in [2.75, 3.05) is 6.54 Å². The van der Waals surface area contributed by atoms with Gasteiger partial charge in [-0.3, -0.25) is 0 Å². The summed E-state index contributed by atoms with van der Waals surface area (Å²) < 4.78 is 6.11. The number of hydrogen-bond acceptors (Lipinski definition) is 2. The van der Waals surface area contributed by atoms with Crippen LogP contribution in [-0.4, -0.2) is 18.7 Å². The lowest BCUT2D eigenvalue weighted by Gasteiger charge is -2.25. The fourth-order valence-corrected chi connectivity index (χ4v) is 2.51. The van der Waals surface area contributed by atoms with Gasteiger partial charge in [0.05, 0.1) is 0 Å². The van der Waals surface area contributed by atoms with Crippen molar-refractivity contribution in [3.63, 3.8) is 0 Å². The molecular formula is C18H25NO. The van der Waals surface area contributed by atoms with Gasteiger partial charge in [0.15, 0.2) is 0 Å². The topological polar surface area (TPSA) is 21.3 Å². The molecule has 0 saturated carbocycles. The Labute approximate surface area is 122 Å². The van der Waals surface area contributed by atoms with E-state index in [1.165, 1.54) is 10.8 Å². The van der Waals surface area contributed by atoms with Crippen molar-refractivity contribution in [1.82, 2.24) is 5.32 Å². The molecule has 0 heterocycles.